The molecule has 30 heavy (non-hydrogen) atoms. The molecule has 1 aliphatic rings. The van der Waals surface area contributed by atoms with Crippen molar-refractivity contribution in [2.75, 3.05) is 23.4 Å². The molecule has 3 rings (SSSR count). The van der Waals surface area contributed by atoms with Crippen molar-refractivity contribution < 1.29 is 23.5 Å². The van der Waals surface area contributed by atoms with Crippen LogP contribution in [-0.4, -0.2) is 36.0 Å². The van der Waals surface area contributed by atoms with Crippen molar-refractivity contribution in [3.05, 3.63) is 53.3 Å². The second kappa shape index (κ2) is 10.3. The minimum atomic E-state index is -0.494. The molecule has 0 radical (unpaired) electrons. The maximum atomic E-state index is 13.5. The van der Waals surface area contributed by atoms with E-state index in [0.717, 1.165) is 40.8 Å². The predicted molar refractivity (Wildman–Crippen MR) is 116 cm³/mol. The maximum absolute atomic E-state index is 13.5. The minimum Gasteiger partial charge on any atom is -0.494 e. The number of nitrogens with one attached hydrogen (secondary N) is 2. The Morgan fingerprint density at radius 3 is 2.77 bits per heavy atom. The van der Waals surface area contributed by atoms with E-state index in [0.29, 0.717) is 13.2 Å². The maximum Gasteiger partial charge on any atom is 0.234 e. The summed E-state index contributed by atoms with van der Waals surface area (Å²) in [6.45, 7) is 4.77. The van der Waals surface area contributed by atoms with E-state index in [1.807, 2.05) is 26.0 Å². The molecule has 2 aromatic rings. The van der Waals surface area contributed by atoms with Gasteiger partial charge in [0.2, 0.25) is 11.8 Å². The first-order valence-corrected chi connectivity index (χ1v) is 11.0. The molecule has 1 unspecified atom stereocenters. The van der Waals surface area contributed by atoms with Crippen LogP contribution in [0, 0.1) is 5.82 Å². The number of carbonyl (C=O) groups is 2. The van der Waals surface area contributed by atoms with Gasteiger partial charge in [0.05, 0.1) is 23.8 Å². The van der Waals surface area contributed by atoms with Gasteiger partial charge in [0, 0.05) is 24.1 Å². The first-order chi connectivity index (χ1) is 14.5. The van der Waals surface area contributed by atoms with Crippen LogP contribution >= 0.6 is 11.8 Å². The Balaban J connectivity index is 1.46. The van der Waals surface area contributed by atoms with Crippen molar-refractivity contribution in [1.29, 1.82) is 0 Å². The van der Waals surface area contributed by atoms with E-state index in [-0.39, 0.29) is 35.1 Å². The van der Waals surface area contributed by atoms with Gasteiger partial charge in [-0.2, -0.15) is 0 Å². The zero-order valence-corrected chi connectivity index (χ0v) is 17.8. The zero-order valence-electron chi connectivity index (χ0n) is 17.0. The molecule has 0 aliphatic carbocycles. The third-order valence-corrected chi connectivity index (χ3v) is 5.40. The van der Waals surface area contributed by atoms with E-state index in [9.17, 15) is 14.0 Å². The van der Waals surface area contributed by atoms with Gasteiger partial charge < -0.3 is 20.1 Å². The third-order valence-electron chi connectivity index (χ3n) is 4.47. The van der Waals surface area contributed by atoms with E-state index < -0.39 is 5.82 Å². The van der Waals surface area contributed by atoms with Crippen LogP contribution in [0.2, 0.25) is 0 Å². The zero-order chi connectivity index (χ0) is 21.5. The lowest BCUT2D eigenvalue weighted by molar-refractivity contribution is -0.118. The van der Waals surface area contributed by atoms with Crippen molar-refractivity contribution in [3.8, 4) is 11.5 Å². The van der Waals surface area contributed by atoms with Crippen LogP contribution in [0.25, 0.3) is 0 Å². The quantitative estimate of drug-likeness (QED) is 0.634. The van der Waals surface area contributed by atoms with Crippen LogP contribution in [0.1, 0.15) is 25.0 Å². The molecule has 0 bridgehead atoms. The second-order valence-electron chi connectivity index (χ2n) is 6.93. The number of para-hydroxylation sites is 1. The van der Waals surface area contributed by atoms with Gasteiger partial charge in [-0.25, -0.2) is 4.39 Å². The fourth-order valence-corrected chi connectivity index (χ4v) is 3.79. The molecule has 1 aliphatic heterocycles. The van der Waals surface area contributed by atoms with Crippen molar-refractivity contribution >= 4 is 29.3 Å². The molecule has 8 heteroatoms. The summed E-state index contributed by atoms with van der Waals surface area (Å²) in [6.07, 6.45) is 0.972. The lowest BCUT2D eigenvalue weighted by atomic mass is 10.1. The molecular weight excluding hydrogens is 407 g/mol. The van der Waals surface area contributed by atoms with Crippen LogP contribution in [0.15, 0.2) is 36.4 Å². The van der Waals surface area contributed by atoms with Gasteiger partial charge in [-0.05, 0) is 38.1 Å². The van der Waals surface area contributed by atoms with Gasteiger partial charge in [-0.15, -0.1) is 11.8 Å². The third kappa shape index (κ3) is 5.89. The summed E-state index contributed by atoms with van der Waals surface area (Å²) in [5, 5.41) is 5.34. The number of hydrogen-bond acceptors (Lipinski definition) is 5. The summed E-state index contributed by atoms with van der Waals surface area (Å²) in [6, 6.07) is 9.85. The van der Waals surface area contributed by atoms with Crippen LogP contribution in [0.4, 0.5) is 10.1 Å². The van der Waals surface area contributed by atoms with Crippen LogP contribution < -0.4 is 20.1 Å². The molecule has 0 spiro atoms. The summed E-state index contributed by atoms with van der Waals surface area (Å²) >= 11 is 1.16. The summed E-state index contributed by atoms with van der Waals surface area (Å²) in [5.74, 6) is 0.688. The van der Waals surface area contributed by atoms with Gasteiger partial charge in [-0.1, -0.05) is 12.1 Å². The van der Waals surface area contributed by atoms with Crippen molar-refractivity contribution in [1.82, 2.24) is 5.32 Å². The number of amides is 2. The smallest absolute Gasteiger partial charge is 0.234 e. The average Bonchev–Trinajstić information content (AvgIpc) is 3.07. The Kier molecular flexibility index (Phi) is 7.57. The van der Waals surface area contributed by atoms with Crippen LogP contribution in [-0.2, 0) is 22.6 Å². The van der Waals surface area contributed by atoms with Gasteiger partial charge in [-0.3, -0.25) is 9.59 Å². The van der Waals surface area contributed by atoms with Gasteiger partial charge in [0.15, 0.2) is 0 Å². The highest BCUT2D eigenvalue weighted by Crippen LogP contribution is 2.35. The van der Waals surface area contributed by atoms with Gasteiger partial charge in [0.1, 0.15) is 23.4 Å². The Morgan fingerprint density at radius 2 is 2.00 bits per heavy atom. The Bertz CT molecular complexity index is 922. The molecule has 1 heterocycles. The summed E-state index contributed by atoms with van der Waals surface area (Å²) in [5.41, 5.74) is 2.09. The molecular formula is C22H25FN2O4S. The summed E-state index contributed by atoms with van der Waals surface area (Å²) < 4.78 is 25.1. The largest absolute Gasteiger partial charge is 0.494 e. The van der Waals surface area contributed by atoms with E-state index >= 15 is 0 Å². The monoisotopic (exact) mass is 432 g/mol. The molecule has 0 aromatic heterocycles. The number of ether oxygens (including phenoxy) is 2. The molecule has 2 amide bonds. The molecule has 2 N–H and O–H groups in total. The highest BCUT2D eigenvalue weighted by molar-refractivity contribution is 8.00. The van der Waals surface area contributed by atoms with Gasteiger partial charge >= 0.3 is 0 Å². The number of rotatable bonds is 9. The topological polar surface area (TPSA) is 76.7 Å². The number of anilines is 1. The molecule has 2 aromatic carbocycles. The second-order valence-corrected chi connectivity index (χ2v) is 7.92. The predicted octanol–water partition coefficient (Wildman–Crippen LogP) is 3.54. The standard InChI is InChI=1S/C22H25FN2O4S/c1-3-28-19-9-15-8-14(2)29-20(15)10-16(19)11-24-21(26)12-30-13-22(27)25-18-7-5-4-6-17(18)23/h4-7,9-10,14H,3,8,11-13H2,1-2H3,(H,24,26)(H,25,27). The first-order valence-electron chi connectivity index (χ1n) is 9.80. The molecule has 0 saturated carbocycles. The Hall–Kier alpha value is -2.74. The molecule has 0 saturated heterocycles. The first kappa shape index (κ1) is 22.0. The van der Waals surface area contributed by atoms with E-state index in [1.54, 1.807) is 12.1 Å². The SMILES string of the molecule is CCOc1cc2c(cc1CNC(=O)CSCC(=O)Nc1ccccc1F)OC(C)C2. The number of carbonyl (C=O) groups excluding carboxylic acids is 2. The molecule has 0 fully saturated rings. The highest BCUT2D eigenvalue weighted by Gasteiger charge is 2.22. The Morgan fingerprint density at radius 1 is 1.23 bits per heavy atom. The average molecular weight is 433 g/mol. The van der Waals surface area contributed by atoms with Crippen LogP contribution in [0.5, 0.6) is 11.5 Å². The van der Waals surface area contributed by atoms with Crippen molar-refractivity contribution in [2.45, 2.75) is 32.9 Å². The van der Waals surface area contributed by atoms with Crippen molar-refractivity contribution in [3.63, 3.8) is 0 Å². The fraction of sp³-hybridized carbons (Fsp3) is 0.364. The molecule has 1 atom stereocenters. The summed E-state index contributed by atoms with van der Waals surface area (Å²) in [7, 11) is 0. The number of benzene rings is 2. The number of halogens is 1. The van der Waals surface area contributed by atoms with E-state index in [1.165, 1.54) is 12.1 Å². The van der Waals surface area contributed by atoms with E-state index in [4.69, 9.17) is 9.47 Å². The lowest BCUT2D eigenvalue weighted by Crippen LogP contribution is -2.26. The normalized spacial score (nSPS) is 14.6. The van der Waals surface area contributed by atoms with Crippen molar-refractivity contribution in [2.24, 2.45) is 0 Å². The number of fused-ring (bicyclic) bond motifs is 1. The van der Waals surface area contributed by atoms with E-state index in [2.05, 4.69) is 10.6 Å². The Labute approximate surface area is 179 Å². The minimum absolute atomic E-state index is 0.0521. The molecule has 6 nitrogen and oxygen atoms in total. The van der Waals surface area contributed by atoms with Gasteiger partial charge in [0.25, 0.3) is 0 Å². The van der Waals surface area contributed by atoms with Crippen LogP contribution in [0.3, 0.4) is 0 Å². The summed E-state index contributed by atoms with van der Waals surface area (Å²) in [4.78, 5) is 24.1. The lowest BCUT2D eigenvalue weighted by Gasteiger charge is -2.13. The fourth-order valence-electron chi connectivity index (χ4n) is 3.14. The highest BCUT2D eigenvalue weighted by atomic mass is 32.2. The number of hydrogen-bond donors (Lipinski definition) is 2. The number of thioether (sulfide) groups is 1. The molecule has 160 valence electrons.